The molecule has 1 aromatic rings. The number of alkyl halides is 3. The first-order valence-corrected chi connectivity index (χ1v) is 7.35. The molecule has 0 radical (unpaired) electrons. The Labute approximate surface area is 123 Å². The molecular formula is C14H15BrF4O. The van der Waals surface area contributed by atoms with Crippen LogP contribution in [0.5, 0.6) is 0 Å². The summed E-state index contributed by atoms with van der Waals surface area (Å²) < 4.78 is 52.5. The second-order valence-corrected chi connectivity index (χ2v) is 6.02. The van der Waals surface area contributed by atoms with Gasteiger partial charge in [-0.1, -0.05) is 35.2 Å². The van der Waals surface area contributed by atoms with E-state index >= 15 is 0 Å². The van der Waals surface area contributed by atoms with Gasteiger partial charge in [0.2, 0.25) is 0 Å². The fraction of sp³-hybridized carbons (Fsp3) is 0.571. The fourth-order valence-corrected chi connectivity index (χ4v) is 3.29. The molecule has 1 aliphatic carbocycles. The molecule has 112 valence electrons. The van der Waals surface area contributed by atoms with Crippen molar-refractivity contribution in [3.8, 4) is 0 Å². The second kappa shape index (κ2) is 6.02. The van der Waals surface area contributed by atoms with Crippen molar-refractivity contribution in [3.05, 3.63) is 33.5 Å². The van der Waals surface area contributed by atoms with Crippen molar-refractivity contribution >= 4 is 15.9 Å². The summed E-state index contributed by atoms with van der Waals surface area (Å²) in [5.41, 5.74) is -1.60. The van der Waals surface area contributed by atoms with Crippen molar-refractivity contribution in [2.24, 2.45) is 5.92 Å². The van der Waals surface area contributed by atoms with Gasteiger partial charge in [-0.05, 0) is 30.9 Å². The lowest BCUT2D eigenvalue weighted by atomic mass is 9.82. The van der Waals surface area contributed by atoms with Gasteiger partial charge in [0, 0.05) is 10.0 Å². The molecule has 1 saturated carbocycles. The second-order valence-electron chi connectivity index (χ2n) is 5.16. The van der Waals surface area contributed by atoms with Crippen LogP contribution < -0.4 is 0 Å². The molecule has 0 amide bonds. The van der Waals surface area contributed by atoms with Crippen LogP contribution in [0.4, 0.5) is 17.6 Å². The third-order valence-electron chi connectivity index (χ3n) is 3.82. The van der Waals surface area contributed by atoms with Gasteiger partial charge in [0.25, 0.3) is 0 Å². The zero-order valence-electron chi connectivity index (χ0n) is 10.7. The molecule has 0 spiro atoms. The normalized spacial score (nSPS) is 19.1. The van der Waals surface area contributed by atoms with Crippen molar-refractivity contribution in [2.75, 3.05) is 0 Å². The van der Waals surface area contributed by atoms with E-state index < -0.39 is 23.7 Å². The Bertz CT molecular complexity index is 481. The van der Waals surface area contributed by atoms with E-state index in [4.69, 9.17) is 0 Å². The highest BCUT2D eigenvalue weighted by Crippen LogP contribution is 2.41. The Morgan fingerprint density at radius 3 is 2.30 bits per heavy atom. The van der Waals surface area contributed by atoms with Crippen LogP contribution in [-0.2, 0) is 6.18 Å². The zero-order valence-corrected chi connectivity index (χ0v) is 12.3. The molecule has 0 aliphatic heterocycles. The van der Waals surface area contributed by atoms with Crippen LogP contribution in [-0.4, -0.2) is 5.11 Å². The van der Waals surface area contributed by atoms with Gasteiger partial charge in [0.15, 0.2) is 0 Å². The van der Waals surface area contributed by atoms with E-state index in [2.05, 4.69) is 15.9 Å². The summed E-state index contributed by atoms with van der Waals surface area (Å²) in [4.78, 5) is 0. The van der Waals surface area contributed by atoms with Crippen molar-refractivity contribution in [1.82, 2.24) is 0 Å². The summed E-state index contributed by atoms with van der Waals surface area (Å²) in [5.74, 6) is -1.55. The summed E-state index contributed by atoms with van der Waals surface area (Å²) in [6.45, 7) is 0. The number of aliphatic hydroxyl groups is 1. The number of halogens is 5. The maximum absolute atomic E-state index is 14.1. The average molecular weight is 355 g/mol. The maximum atomic E-state index is 14.1. The largest absolute Gasteiger partial charge is 0.419 e. The van der Waals surface area contributed by atoms with Crippen molar-refractivity contribution < 1.29 is 22.7 Å². The fourth-order valence-electron chi connectivity index (χ4n) is 2.75. The molecule has 1 unspecified atom stereocenters. The summed E-state index contributed by atoms with van der Waals surface area (Å²) in [6, 6.07) is 1.84. The summed E-state index contributed by atoms with van der Waals surface area (Å²) in [5, 5.41) is 10.3. The Hall–Kier alpha value is -0.620. The molecule has 6 heteroatoms. The molecule has 0 heterocycles. The SMILES string of the molecule is OC(c1c(Br)ccc(C(F)(F)F)c1F)C1CCCCC1. The number of rotatable bonds is 2. The van der Waals surface area contributed by atoms with Gasteiger partial charge < -0.3 is 5.11 Å². The predicted molar refractivity (Wildman–Crippen MR) is 70.6 cm³/mol. The molecule has 0 saturated heterocycles. The minimum Gasteiger partial charge on any atom is -0.388 e. The molecule has 1 nitrogen and oxygen atoms in total. The summed E-state index contributed by atoms with van der Waals surface area (Å²) in [7, 11) is 0. The first kappa shape index (κ1) is 15.8. The van der Waals surface area contributed by atoms with E-state index in [1.807, 2.05) is 0 Å². The number of hydrogen-bond donors (Lipinski definition) is 1. The van der Waals surface area contributed by atoms with Crippen LogP contribution in [0.1, 0.15) is 49.3 Å². The van der Waals surface area contributed by atoms with Crippen LogP contribution in [0.15, 0.2) is 16.6 Å². The smallest absolute Gasteiger partial charge is 0.388 e. The molecule has 1 aromatic carbocycles. The third kappa shape index (κ3) is 3.17. The van der Waals surface area contributed by atoms with E-state index in [0.717, 1.165) is 25.3 Å². The van der Waals surface area contributed by atoms with Crippen molar-refractivity contribution in [3.63, 3.8) is 0 Å². The summed E-state index contributed by atoms with van der Waals surface area (Å²) in [6.07, 6.45) is -1.65. The van der Waals surface area contributed by atoms with Crippen LogP contribution in [0, 0.1) is 11.7 Å². The lowest BCUT2D eigenvalue weighted by Crippen LogP contribution is -2.19. The minimum atomic E-state index is -4.76. The van der Waals surface area contributed by atoms with Gasteiger partial charge in [-0.15, -0.1) is 0 Å². The van der Waals surface area contributed by atoms with Crippen LogP contribution in [0.3, 0.4) is 0 Å². The van der Waals surface area contributed by atoms with Crippen LogP contribution in [0.25, 0.3) is 0 Å². The number of aliphatic hydroxyl groups excluding tert-OH is 1. The van der Waals surface area contributed by atoms with Gasteiger partial charge in [-0.2, -0.15) is 13.2 Å². The first-order valence-electron chi connectivity index (χ1n) is 6.55. The highest BCUT2D eigenvalue weighted by Gasteiger charge is 2.37. The average Bonchev–Trinajstić information content (AvgIpc) is 2.38. The molecule has 0 bridgehead atoms. The molecule has 1 fully saturated rings. The minimum absolute atomic E-state index is 0.182. The van der Waals surface area contributed by atoms with E-state index in [1.165, 1.54) is 0 Å². The van der Waals surface area contributed by atoms with E-state index in [1.54, 1.807) is 0 Å². The predicted octanol–water partition coefficient (Wildman–Crippen LogP) is 5.22. The van der Waals surface area contributed by atoms with Gasteiger partial charge in [0.1, 0.15) is 5.82 Å². The molecule has 0 aromatic heterocycles. The highest BCUT2D eigenvalue weighted by atomic mass is 79.9. The van der Waals surface area contributed by atoms with Gasteiger partial charge >= 0.3 is 6.18 Å². The first-order chi connectivity index (χ1) is 9.32. The Balaban J connectivity index is 2.39. The Morgan fingerprint density at radius 1 is 1.15 bits per heavy atom. The lowest BCUT2D eigenvalue weighted by Gasteiger charge is -2.28. The highest BCUT2D eigenvalue weighted by molar-refractivity contribution is 9.10. The third-order valence-corrected chi connectivity index (χ3v) is 4.52. The van der Waals surface area contributed by atoms with E-state index in [-0.39, 0.29) is 16.0 Å². The molecule has 20 heavy (non-hydrogen) atoms. The van der Waals surface area contributed by atoms with Crippen LogP contribution in [0.2, 0.25) is 0 Å². The molecule has 1 N–H and O–H groups in total. The Kier molecular flexibility index (Phi) is 4.74. The Morgan fingerprint density at radius 2 is 1.75 bits per heavy atom. The van der Waals surface area contributed by atoms with Gasteiger partial charge in [-0.25, -0.2) is 4.39 Å². The lowest BCUT2D eigenvalue weighted by molar-refractivity contribution is -0.140. The van der Waals surface area contributed by atoms with Crippen molar-refractivity contribution in [1.29, 1.82) is 0 Å². The number of hydrogen-bond acceptors (Lipinski definition) is 1. The van der Waals surface area contributed by atoms with E-state index in [9.17, 15) is 22.7 Å². The summed E-state index contributed by atoms with van der Waals surface area (Å²) >= 11 is 3.05. The maximum Gasteiger partial charge on any atom is 0.419 e. The van der Waals surface area contributed by atoms with E-state index in [0.29, 0.717) is 18.9 Å². The van der Waals surface area contributed by atoms with Crippen LogP contribution >= 0.6 is 15.9 Å². The zero-order chi connectivity index (χ0) is 14.9. The van der Waals surface area contributed by atoms with Crippen molar-refractivity contribution in [2.45, 2.75) is 44.4 Å². The van der Waals surface area contributed by atoms with Gasteiger partial charge in [0.05, 0.1) is 11.7 Å². The monoisotopic (exact) mass is 354 g/mol. The number of benzene rings is 1. The molecule has 1 aliphatic rings. The molecule has 1 atom stereocenters. The topological polar surface area (TPSA) is 20.2 Å². The quantitative estimate of drug-likeness (QED) is 0.721. The molecular weight excluding hydrogens is 340 g/mol. The molecule has 2 rings (SSSR count). The standard InChI is InChI=1S/C14H15BrF4O/c15-10-7-6-9(14(17,18)19)12(16)11(10)13(20)8-4-2-1-3-5-8/h6-8,13,20H,1-5H2. The van der Waals surface area contributed by atoms with Gasteiger partial charge in [-0.3, -0.25) is 0 Å².